The van der Waals surface area contributed by atoms with Crippen molar-refractivity contribution in [3.05, 3.63) is 0 Å². The van der Waals surface area contributed by atoms with Crippen molar-refractivity contribution in [2.75, 3.05) is 0 Å². The molecule has 22 heavy (non-hydrogen) atoms. The van der Waals surface area contributed by atoms with Crippen molar-refractivity contribution in [3.8, 4) is 0 Å². The van der Waals surface area contributed by atoms with Crippen LogP contribution in [0.1, 0.15) is 129 Å². The predicted octanol–water partition coefficient (Wildman–Crippen LogP) is 8.57. The molecule has 0 aromatic heterocycles. The lowest BCUT2D eigenvalue weighted by atomic mass is 9.85. The van der Waals surface area contributed by atoms with Crippen molar-refractivity contribution in [3.63, 3.8) is 0 Å². The summed E-state index contributed by atoms with van der Waals surface area (Å²) in [5.41, 5.74) is 0. The molecule has 0 radical (unpaired) electrons. The van der Waals surface area contributed by atoms with Gasteiger partial charge in [0, 0.05) is 4.32 Å². The van der Waals surface area contributed by atoms with E-state index in [0.717, 1.165) is 0 Å². The van der Waals surface area contributed by atoms with Crippen LogP contribution >= 0.6 is 15.9 Å². The molecule has 0 aliphatic heterocycles. The Kier molecular flexibility index (Phi) is 12.9. The number of rotatable bonds is 14. The van der Waals surface area contributed by atoms with E-state index in [1.165, 1.54) is 122 Å². The Labute approximate surface area is 149 Å². The van der Waals surface area contributed by atoms with Crippen molar-refractivity contribution < 1.29 is 0 Å². The third kappa shape index (κ3) is 11.1. The normalized spacial score (nSPS) is 17.7. The molecule has 0 aromatic carbocycles. The van der Waals surface area contributed by atoms with Crippen LogP contribution in [0.3, 0.4) is 0 Å². The molecule has 0 aromatic rings. The minimum atomic E-state index is 0.531. The maximum Gasteiger partial charge on any atom is 0.0258 e. The van der Waals surface area contributed by atoms with Gasteiger partial charge in [-0.1, -0.05) is 126 Å². The van der Waals surface area contributed by atoms with E-state index in [0.29, 0.717) is 4.32 Å². The molecule has 0 heterocycles. The van der Waals surface area contributed by atoms with Gasteiger partial charge >= 0.3 is 0 Å². The monoisotopic (exact) mass is 372 g/mol. The van der Waals surface area contributed by atoms with E-state index in [1.54, 1.807) is 0 Å². The highest BCUT2D eigenvalue weighted by Crippen LogP contribution is 2.39. The number of hydrogen-bond donors (Lipinski definition) is 0. The molecule has 1 rings (SSSR count). The standard InChI is InChI=1S/C21H41Br/c1-2-3-4-5-6-7-8-9-10-11-12-13-15-18-21(22)19-16-14-17-20-21/h2-20H2,1H3. The average Bonchev–Trinajstić information content (AvgIpc) is 2.52. The lowest BCUT2D eigenvalue weighted by molar-refractivity contribution is 0.373. The average molecular weight is 373 g/mol. The number of unbranched alkanes of at least 4 members (excludes halogenated alkanes) is 12. The van der Waals surface area contributed by atoms with E-state index < -0.39 is 0 Å². The Morgan fingerprint density at radius 1 is 0.591 bits per heavy atom. The molecule has 1 saturated carbocycles. The lowest BCUT2D eigenvalue weighted by Gasteiger charge is -2.31. The molecule has 132 valence electrons. The quantitative estimate of drug-likeness (QED) is 0.211. The molecule has 0 nitrogen and oxygen atoms in total. The van der Waals surface area contributed by atoms with Crippen LogP contribution in [0, 0.1) is 0 Å². The van der Waals surface area contributed by atoms with Crippen LogP contribution < -0.4 is 0 Å². The van der Waals surface area contributed by atoms with Crippen LogP contribution in [0.4, 0.5) is 0 Å². The molecule has 1 heteroatoms. The van der Waals surface area contributed by atoms with Crippen LogP contribution in [0.25, 0.3) is 0 Å². The van der Waals surface area contributed by atoms with E-state index in [4.69, 9.17) is 0 Å². The summed E-state index contributed by atoms with van der Waals surface area (Å²) in [5, 5.41) is 0. The summed E-state index contributed by atoms with van der Waals surface area (Å²) in [5.74, 6) is 0. The first-order chi connectivity index (χ1) is 10.8. The minimum absolute atomic E-state index is 0.531. The summed E-state index contributed by atoms with van der Waals surface area (Å²) < 4.78 is 0.531. The third-order valence-electron chi connectivity index (χ3n) is 5.48. The molecule has 1 aliphatic rings. The Balaban J connectivity index is 1.76. The van der Waals surface area contributed by atoms with Gasteiger partial charge in [0.05, 0.1) is 0 Å². The second-order valence-electron chi connectivity index (χ2n) is 7.70. The van der Waals surface area contributed by atoms with Gasteiger partial charge in [0.25, 0.3) is 0 Å². The van der Waals surface area contributed by atoms with Crippen LogP contribution in [-0.2, 0) is 0 Å². The van der Waals surface area contributed by atoms with Crippen molar-refractivity contribution >= 4 is 15.9 Å². The van der Waals surface area contributed by atoms with Crippen LogP contribution in [0.2, 0.25) is 0 Å². The van der Waals surface area contributed by atoms with Gasteiger partial charge in [0.1, 0.15) is 0 Å². The molecule has 1 fully saturated rings. The van der Waals surface area contributed by atoms with Gasteiger partial charge in [0.15, 0.2) is 0 Å². The topological polar surface area (TPSA) is 0 Å². The van der Waals surface area contributed by atoms with Gasteiger partial charge in [-0.2, -0.15) is 0 Å². The first kappa shape index (κ1) is 20.5. The van der Waals surface area contributed by atoms with Gasteiger partial charge in [0.2, 0.25) is 0 Å². The third-order valence-corrected chi connectivity index (χ3v) is 6.67. The SMILES string of the molecule is CCCCCCCCCCCCCCCC1(Br)CCCCC1. The molecule has 0 amide bonds. The van der Waals surface area contributed by atoms with Crippen molar-refractivity contribution in [1.82, 2.24) is 0 Å². The predicted molar refractivity (Wildman–Crippen MR) is 105 cm³/mol. The van der Waals surface area contributed by atoms with Crippen molar-refractivity contribution in [1.29, 1.82) is 0 Å². The molecule has 0 N–H and O–H groups in total. The van der Waals surface area contributed by atoms with Crippen LogP contribution in [0.5, 0.6) is 0 Å². The van der Waals surface area contributed by atoms with Crippen molar-refractivity contribution in [2.24, 2.45) is 0 Å². The highest BCUT2D eigenvalue weighted by atomic mass is 79.9. The Bertz CT molecular complexity index is 230. The van der Waals surface area contributed by atoms with Crippen LogP contribution in [-0.4, -0.2) is 4.32 Å². The first-order valence-electron chi connectivity index (χ1n) is 10.5. The fraction of sp³-hybridized carbons (Fsp3) is 1.00. The van der Waals surface area contributed by atoms with E-state index in [1.807, 2.05) is 0 Å². The highest BCUT2D eigenvalue weighted by Gasteiger charge is 2.27. The fourth-order valence-corrected chi connectivity index (χ4v) is 4.74. The molecule has 0 spiro atoms. The maximum atomic E-state index is 4.03. The summed E-state index contributed by atoms with van der Waals surface area (Å²) in [4.78, 5) is 0. The van der Waals surface area contributed by atoms with E-state index >= 15 is 0 Å². The Morgan fingerprint density at radius 2 is 1.00 bits per heavy atom. The lowest BCUT2D eigenvalue weighted by Crippen LogP contribution is -2.23. The molecule has 0 atom stereocenters. The maximum absolute atomic E-state index is 4.03. The molecule has 0 unspecified atom stereocenters. The van der Waals surface area contributed by atoms with E-state index in [2.05, 4.69) is 22.9 Å². The fourth-order valence-electron chi connectivity index (χ4n) is 3.89. The number of hydrogen-bond acceptors (Lipinski definition) is 0. The largest absolute Gasteiger partial charge is 0.0853 e. The zero-order chi connectivity index (χ0) is 15.9. The molecular formula is C21H41Br. The Morgan fingerprint density at radius 3 is 1.45 bits per heavy atom. The summed E-state index contributed by atoms with van der Waals surface area (Å²) >= 11 is 4.03. The van der Waals surface area contributed by atoms with Gasteiger partial charge < -0.3 is 0 Å². The second kappa shape index (κ2) is 13.9. The zero-order valence-corrected chi connectivity index (χ0v) is 16.9. The van der Waals surface area contributed by atoms with Gasteiger partial charge in [-0.05, 0) is 19.3 Å². The summed E-state index contributed by atoms with van der Waals surface area (Å²) in [6.07, 6.45) is 27.6. The molecular weight excluding hydrogens is 332 g/mol. The van der Waals surface area contributed by atoms with Gasteiger partial charge in [-0.25, -0.2) is 0 Å². The smallest absolute Gasteiger partial charge is 0.0258 e. The van der Waals surface area contributed by atoms with E-state index in [-0.39, 0.29) is 0 Å². The molecule has 1 aliphatic carbocycles. The second-order valence-corrected chi connectivity index (χ2v) is 9.39. The number of halogens is 1. The zero-order valence-electron chi connectivity index (χ0n) is 15.3. The molecule has 0 saturated heterocycles. The highest BCUT2D eigenvalue weighted by molar-refractivity contribution is 9.10. The van der Waals surface area contributed by atoms with E-state index in [9.17, 15) is 0 Å². The molecule has 0 bridgehead atoms. The summed E-state index contributed by atoms with van der Waals surface area (Å²) in [7, 11) is 0. The Hall–Kier alpha value is 0.480. The van der Waals surface area contributed by atoms with Crippen LogP contribution in [0.15, 0.2) is 0 Å². The summed E-state index contributed by atoms with van der Waals surface area (Å²) in [6, 6.07) is 0. The summed E-state index contributed by atoms with van der Waals surface area (Å²) in [6.45, 7) is 2.30. The van der Waals surface area contributed by atoms with Gasteiger partial charge in [-0.3, -0.25) is 0 Å². The minimum Gasteiger partial charge on any atom is -0.0853 e. The first-order valence-corrected chi connectivity index (χ1v) is 11.2. The van der Waals surface area contributed by atoms with Crippen molar-refractivity contribution in [2.45, 2.75) is 133 Å². The number of alkyl halides is 1. The van der Waals surface area contributed by atoms with Gasteiger partial charge in [-0.15, -0.1) is 0 Å².